The molecule has 2 unspecified atom stereocenters. The van der Waals surface area contributed by atoms with E-state index in [-0.39, 0.29) is 12.1 Å². The Morgan fingerprint density at radius 2 is 2.06 bits per heavy atom. The van der Waals surface area contributed by atoms with E-state index < -0.39 is 6.36 Å². The highest BCUT2D eigenvalue weighted by Gasteiger charge is 2.49. The van der Waals surface area contributed by atoms with Gasteiger partial charge in [0.2, 0.25) is 0 Å². The van der Waals surface area contributed by atoms with Crippen LogP contribution in [0.5, 0.6) is 0 Å². The van der Waals surface area contributed by atoms with Gasteiger partial charge in [0.1, 0.15) is 0 Å². The lowest BCUT2D eigenvalue weighted by Gasteiger charge is -2.35. The zero-order chi connectivity index (χ0) is 12.7. The second-order valence-corrected chi connectivity index (χ2v) is 5.42. The van der Waals surface area contributed by atoms with Gasteiger partial charge in [0.05, 0.1) is 6.61 Å². The Kier molecular flexibility index (Phi) is 3.40. The molecule has 0 aromatic rings. The van der Waals surface area contributed by atoms with Crippen LogP contribution >= 0.6 is 0 Å². The fourth-order valence-electron chi connectivity index (χ4n) is 3.16. The maximum absolute atomic E-state index is 11.9. The van der Waals surface area contributed by atoms with Gasteiger partial charge in [-0.15, -0.1) is 13.2 Å². The molecule has 0 saturated carbocycles. The predicted molar refractivity (Wildman–Crippen MR) is 57.5 cm³/mol. The molecule has 2 heterocycles. The number of halogens is 3. The van der Waals surface area contributed by atoms with Crippen molar-refractivity contribution in [2.24, 2.45) is 11.8 Å². The van der Waals surface area contributed by atoms with Crippen molar-refractivity contribution in [2.45, 2.75) is 25.7 Å². The maximum Gasteiger partial charge on any atom is 0.522 e. The first-order valence-electron chi connectivity index (χ1n) is 5.97. The van der Waals surface area contributed by atoms with Crippen LogP contribution in [-0.4, -0.2) is 49.6 Å². The van der Waals surface area contributed by atoms with Crippen molar-refractivity contribution in [3.8, 4) is 0 Å². The molecule has 6 heteroatoms. The number of nitrogens with one attached hydrogen (secondary N) is 1. The van der Waals surface area contributed by atoms with E-state index in [4.69, 9.17) is 0 Å². The van der Waals surface area contributed by atoms with E-state index in [0.29, 0.717) is 18.4 Å². The smallest absolute Gasteiger partial charge is 0.316 e. The minimum Gasteiger partial charge on any atom is -0.316 e. The molecule has 3 nitrogen and oxygen atoms in total. The fourth-order valence-corrected chi connectivity index (χ4v) is 3.16. The Morgan fingerprint density at radius 1 is 1.35 bits per heavy atom. The zero-order valence-electron chi connectivity index (χ0n) is 10.2. The molecule has 2 aliphatic rings. The van der Waals surface area contributed by atoms with Crippen LogP contribution in [-0.2, 0) is 4.74 Å². The van der Waals surface area contributed by atoms with Crippen LogP contribution in [0.15, 0.2) is 0 Å². The van der Waals surface area contributed by atoms with Crippen LogP contribution in [0, 0.1) is 11.8 Å². The number of hydrogen-bond acceptors (Lipinski definition) is 3. The molecule has 2 fully saturated rings. The van der Waals surface area contributed by atoms with Gasteiger partial charge >= 0.3 is 6.36 Å². The Morgan fingerprint density at radius 3 is 2.65 bits per heavy atom. The molecule has 2 rings (SSSR count). The number of nitrogens with zero attached hydrogens (tertiary/aromatic N) is 1. The van der Waals surface area contributed by atoms with E-state index in [1.54, 1.807) is 0 Å². The highest BCUT2D eigenvalue weighted by Crippen LogP contribution is 2.40. The Labute approximate surface area is 99.3 Å². The first kappa shape index (κ1) is 13.1. The van der Waals surface area contributed by atoms with Crippen molar-refractivity contribution >= 4 is 0 Å². The topological polar surface area (TPSA) is 24.5 Å². The molecule has 0 aromatic heterocycles. The number of likely N-dealkylation sites (tertiary alicyclic amines) is 1. The summed E-state index contributed by atoms with van der Waals surface area (Å²) in [6.07, 6.45) is -4.51. The van der Waals surface area contributed by atoms with E-state index in [0.717, 1.165) is 19.6 Å². The van der Waals surface area contributed by atoms with Crippen molar-refractivity contribution in [1.82, 2.24) is 10.2 Å². The standard InChI is InChI=1S/C11H19F3N2O/c1-10(2)9-6-15-5-8(9)7-16(10)3-4-17-11(12,13)14/h8-9,15H,3-7H2,1-2H3. The summed E-state index contributed by atoms with van der Waals surface area (Å²) in [6.45, 7) is 7.10. The van der Waals surface area contributed by atoms with Gasteiger partial charge in [0, 0.05) is 25.2 Å². The predicted octanol–water partition coefficient (Wildman–Crippen LogP) is 1.45. The van der Waals surface area contributed by atoms with Crippen molar-refractivity contribution < 1.29 is 17.9 Å². The number of rotatable bonds is 3. The Bertz CT molecular complexity index is 280. The molecular weight excluding hydrogens is 233 g/mol. The van der Waals surface area contributed by atoms with E-state index >= 15 is 0 Å². The third-order valence-corrected chi connectivity index (χ3v) is 4.14. The monoisotopic (exact) mass is 252 g/mol. The molecular formula is C11H19F3N2O. The summed E-state index contributed by atoms with van der Waals surface area (Å²) in [7, 11) is 0. The van der Waals surface area contributed by atoms with Gasteiger partial charge in [-0.3, -0.25) is 9.64 Å². The summed E-state index contributed by atoms with van der Waals surface area (Å²) in [5.74, 6) is 1.10. The van der Waals surface area contributed by atoms with Crippen molar-refractivity contribution in [2.75, 3.05) is 32.8 Å². The lowest BCUT2D eigenvalue weighted by atomic mass is 9.85. The quantitative estimate of drug-likeness (QED) is 0.823. The van der Waals surface area contributed by atoms with Crippen molar-refractivity contribution in [3.05, 3.63) is 0 Å². The Hall–Kier alpha value is -0.330. The lowest BCUT2D eigenvalue weighted by molar-refractivity contribution is -0.325. The minimum absolute atomic E-state index is 0.0386. The second-order valence-electron chi connectivity index (χ2n) is 5.42. The Balaban J connectivity index is 1.86. The van der Waals surface area contributed by atoms with Gasteiger partial charge in [-0.1, -0.05) is 0 Å². The largest absolute Gasteiger partial charge is 0.522 e. The first-order chi connectivity index (χ1) is 7.81. The molecule has 17 heavy (non-hydrogen) atoms. The summed E-state index contributed by atoms with van der Waals surface area (Å²) >= 11 is 0. The van der Waals surface area contributed by atoms with Crippen LogP contribution in [0.1, 0.15) is 13.8 Å². The van der Waals surface area contributed by atoms with Gasteiger partial charge < -0.3 is 5.32 Å². The highest BCUT2D eigenvalue weighted by molar-refractivity contribution is 5.04. The third kappa shape index (κ3) is 2.74. The molecule has 0 aromatic carbocycles. The van der Waals surface area contributed by atoms with E-state index in [1.165, 1.54) is 0 Å². The minimum atomic E-state index is -4.51. The van der Waals surface area contributed by atoms with E-state index in [9.17, 15) is 13.2 Å². The summed E-state index contributed by atoms with van der Waals surface area (Å²) < 4.78 is 39.6. The van der Waals surface area contributed by atoms with Crippen LogP contribution in [0.2, 0.25) is 0 Å². The summed E-state index contributed by atoms with van der Waals surface area (Å²) in [4.78, 5) is 2.12. The third-order valence-electron chi connectivity index (χ3n) is 4.14. The van der Waals surface area contributed by atoms with Gasteiger partial charge in [0.25, 0.3) is 0 Å². The molecule has 0 bridgehead atoms. The normalized spacial score (nSPS) is 33.0. The molecule has 0 aliphatic carbocycles. The highest BCUT2D eigenvalue weighted by atomic mass is 19.4. The van der Waals surface area contributed by atoms with E-state index in [1.807, 2.05) is 0 Å². The number of ether oxygens (including phenoxy) is 1. The lowest BCUT2D eigenvalue weighted by Crippen LogP contribution is -2.46. The number of hydrogen-bond donors (Lipinski definition) is 1. The van der Waals surface area contributed by atoms with Gasteiger partial charge in [-0.25, -0.2) is 0 Å². The number of fused-ring (bicyclic) bond motifs is 1. The zero-order valence-corrected chi connectivity index (χ0v) is 10.2. The van der Waals surface area contributed by atoms with Crippen LogP contribution in [0.25, 0.3) is 0 Å². The van der Waals surface area contributed by atoms with Crippen LogP contribution in [0.3, 0.4) is 0 Å². The molecule has 2 saturated heterocycles. The van der Waals surface area contributed by atoms with Crippen molar-refractivity contribution in [1.29, 1.82) is 0 Å². The molecule has 2 aliphatic heterocycles. The van der Waals surface area contributed by atoms with Crippen LogP contribution in [0.4, 0.5) is 13.2 Å². The summed E-state index contributed by atoms with van der Waals surface area (Å²) in [6, 6.07) is 0. The van der Waals surface area contributed by atoms with Crippen molar-refractivity contribution in [3.63, 3.8) is 0 Å². The molecule has 0 radical (unpaired) electrons. The van der Waals surface area contributed by atoms with Gasteiger partial charge in [-0.05, 0) is 32.2 Å². The SMILES string of the molecule is CC1(C)C2CNCC2CN1CCOC(F)(F)F. The molecule has 0 amide bonds. The number of alkyl halides is 3. The van der Waals surface area contributed by atoms with E-state index in [2.05, 4.69) is 28.8 Å². The first-order valence-corrected chi connectivity index (χ1v) is 5.97. The maximum atomic E-state index is 11.9. The fraction of sp³-hybridized carbons (Fsp3) is 1.00. The average Bonchev–Trinajstić information content (AvgIpc) is 2.69. The molecule has 0 spiro atoms. The van der Waals surface area contributed by atoms with Gasteiger partial charge in [-0.2, -0.15) is 0 Å². The summed E-state index contributed by atoms with van der Waals surface area (Å²) in [5.41, 5.74) is -0.0386. The molecule has 1 N–H and O–H groups in total. The summed E-state index contributed by atoms with van der Waals surface area (Å²) in [5, 5.41) is 3.34. The second kappa shape index (κ2) is 4.40. The average molecular weight is 252 g/mol. The van der Waals surface area contributed by atoms with Gasteiger partial charge in [0.15, 0.2) is 0 Å². The van der Waals surface area contributed by atoms with Crippen LogP contribution < -0.4 is 5.32 Å². The molecule has 2 atom stereocenters. The molecule has 100 valence electrons.